The topological polar surface area (TPSA) is 38.3 Å². The number of nitrogens with one attached hydrogen (secondary N) is 1. The van der Waals surface area contributed by atoms with Crippen molar-refractivity contribution >= 4 is 40.7 Å². The Morgan fingerprint density at radius 1 is 1.28 bits per heavy atom. The molecule has 0 saturated heterocycles. The molecule has 3 nitrogen and oxygen atoms in total. The SMILES string of the molecule is CC[C@H](C)NC(=O)COc1cc(Cl)c(Cl)cc1Cl. The van der Waals surface area contributed by atoms with E-state index in [2.05, 4.69) is 5.32 Å². The maximum atomic E-state index is 11.5. The minimum atomic E-state index is -0.202. The van der Waals surface area contributed by atoms with E-state index in [1.54, 1.807) is 0 Å². The van der Waals surface area contributed by atoms with Crippen molar-refractivity contribution in [3.8, 4) is 5.75 Å². The Hall–Kier alpha value is -0.640. The predicted molar refractivity (Wildman–Crippen MR) is 74.9 cm³/mol. The molecule has 0 unspecified atom stereocenters. The van der Waals surface area contributed by atoms with E-state index in [1.165, 1.54) is 12.1 Å². The van der Waals surface area contributed by atoms with E-state index in [9.17, 15) is 4.79 Å². The second kappa shape index (κ2) is 7.07. The zero-order valence-corrected chi connectivity index (χ0v) is 12.4. The molecule has 1 amide bonds. The smallest absolute Gasteiger partial charge is 0.258 e. The third-order valence-electron chi connectivity index (χ3n) is 2.35. The molecule has 0 aliphatic carbocycles. The minimum Gasteiger partial charge on any atom is -0.482 e. The summed E-state index contributed by atoms with van der Waals surface area (Å²) in [4.78, 5) is 11.5. The molecule has 6 heteroatoms. The van der Waals surface area contributed by atoms with Crippen molar-refractivity contribution in [3.05, 3.63) is 27.2 Å². The number of benzene rings is 1. The van der Waals surface area contributed by atoms with Crippen LogP contribution in [0.1, 0.15) is 20.3 Å². The highest BCUT2D eigenvalue weighted by atomic mass is 35.5. The van der Waals surface area contributed by atoms with Crippen LogP contribution in [0.5, 0.6) is 5.75 Å². The zero-order valence-electron chi connectivity index (χ0n) is 10.1. The largest absolute Gasteiger partial charge is 0.482 e. The summed E-state index contributed by atoms with van der Waals surface area (Å²) in [5, 5.41) is 3.78. The van der Waals surface area contributed by atoms with Crippen molar-refractivity contribution in [2.75, 3.05) is 6.61 Å². The van der Waals surface area contributed by atoms with Crippen LogP contribution < -0.4 is 10.1 Å². The van der Waals surface area contributed by atoms with Gasteiger partial charge in [0, 0.05) is 12.1 Å². The van der Waals surface area contributed by atoms with Crippen LogP contribution in [0.3, 0.4) is 0 Å². The summed E-state index contributed by atoms with van der Waals surface area (Å²) >= 11 is 17.5. The highest BCUT2D eigenvalue weighted by Crippen LogP contribution is 2.33. The van der Waals surface area contributed by atoms with Gasteiger partial charge in [-0.25, -0.2) is 0 Å². The molecular formula is C12H14Cl3NO2. The fourth-order valence-corrected chi connectivity index (χ4v) is 1.77. The molecule has 0 heterocycles. The maximum absolute atomic E-state index is 11.5. The van der Waals surface area contributed by atoms with Crippen molar-refractivity contribution in [1.29, 1.82) is 0 Å². The number of hydrogen-bond donors (Lipinski definition) is 1. The van der Waals surface area contributed by atoms with Crippen LogP contribution in [-0.4, -0.2) is 18.6 Å². The van der Waals surface area contributed by atoms with Crippen LogP contribution in [-0.2, 0) is 4.79 Å². The summed E-state index contributed by atoms with van der Waals surface area (Å²) in [6.07, 6.45) is 0.860. The summed E-state index contributed by atoms with van der Waals surface area (Å²) in [5.41, 5.74) is 0. The average molecular weight is 311 g/mol. The summed E-state index contributed by atoms with van der Waals surface area (Å²) in [5.74, 6) is 0.136. The Morgan fingerprint density at radius 3 is 2.50 bits per heavy atom. The van der Waals surface area contributed by atoms with E-state index >= 15 is 0 Å². The molecule has 0 bridgehead atoms. The number of halogens is 3. The molecule has 0 aromatic heterocycles. The minimum absolute atomic E-state index is 0.109. The first-order valence-electron chi connectivity index (χ1n) is 5.50. The Bertz CT molecular complexity index is 438. The lowest BCUT2D eigenvalue weighted by molar-refractivity contribution is -0.123. The molecule has 1 atom stereocenters. The standard InChI is InChI=1S/C12H14Cl3NO2/c1-3-7(2)16-12(17)6-18-11-5-9(14)8(13)4-10(11)15/h4-5,7H,3,6H2,1-2H3,(H,16,17)/t7-/m0/s1. The van der Waals surface area contributed by atoms with Gasteiger partial charge < -0.3 is 10.1 Å². The highest BCUT2D eigenvalue weighted by molar-refractivity contribution is 6.43. The number of carbonyl (C=O) groups excluding carboxylic acids is 1. The van der Waals surface area contributed by atoms with Crippen LogP contribution in [0.15, 0.2) is 12.1 Å². The molecule has 1 aromatic rings. The molecule has 0 fully saturated rings. The zero-order chi connectivity index (χ0) is 13.7. The van der Waals surface area contributed by atoms with Crippen LogP contribution in [0.4, 0.5) is 0 Å². The molecule has 100 valence electrons. The van der Waals surface area contributed by atoms with E-state index in [0.717, 1.165) is 6.42 Å². The molecule has 1 rings (SSSR count). The molecular weight excluding hydrogens is 296 g/mol. The summed E-state index contributed by atoms with van der Waals surface area (Å²) in [6, 6.07) is 3.08. The molecule has 0 spiro atoms. The highest BCUT2D eigenvalue weighted by Gasteiger charge is 2.10. The van der Waals surface area contributed by atoms with Gasteiger partial charge in [-0.15, -0.1) is 0 Å². The van der Waals surface area contributed by atoms with Gasteiger partial charge in [-0.05, 0) is 19.4 Å². The third-order valence-corrected chi connectivity index (χ3v) is 3.37. The second-order valence-corrected chi connectivity index (χ2v) is 5.08. The van der Waals surface area contributed by atoms with Gasteiger partial charge in [0.25, 0.3) is 5.91 Å². The first kappa shape index (κ1) is 15.4. The Morgan fingerprint density at radius 2 is 1.89 bits per heavy atom. The van der Waals surface area contributed by atoms with E-state index in [4.69, 9.17) is 39.5 Å². The Kier molecular flexibility index (Phi) is 6.06. The number of amides is 1. The molecule has 1 N–H and O–H groups in total. The van der Waals surface area contributed by atoms with E-state index < -0.39 is 0 Å². The molecule has 0 aliphatic heterocycles. The summed E-state index contributed by atoms with van der Waals surface area (Å²) < 4.78 is 5.29. The van der Waals surface area contributed by atoms with Crippen molar-refractivity contribution < 1.29 is 9.53 Å². The maximum Gasteiger partial charge on any atom is 0.258 e. The van der Waals surface area contributed by atoms with Crippen LogP contribution in [0.2, 0.25) is 15.1 Å². The molecule has 0 radical (unpaired) electrons. The van der Waals surface area contributed by atoms with Gasteiger partial charge in [0.2, 0.25) is 0 Å². The van der Waals surface area contributed by atoms with E-state index in [0.29, 0.717) is 20.8 Å². The van der Waals surface area contributed by atoms with Crippen molar-refractivity contribution in [1.82, 2.24) is 5.32 Å². The monoisotopic (exact) mass is 309 g/mol. The van der Waals surface area contributed by atoms with Gasteiger partial charge in [-0.3, -0.25) is 4.79 Å². The van der Waals surface area contributed by atoms with Crippen LogP contribution in [0.25, 0.3) is 0 Å². The number of ether oxygens (including phenoxy) is 1. The molecule has 18 heavy (non-hydrogen) atoms. The first-order chi connectivity index (χ1) is 8.43. The van der Waals surface area contributed by atoms with E-state index in [1.807, 2.05) is 13.8 Å². The van der Waals surface area contributed by atoms with E-state index in [-0.39, 0.29) is 18.6 Å². The van der Waals surface area contributed by atoms with Crippen molar-refractivity contribution in [2.24, 2.45) is 0 Å². The number of hydrogen-bond acceptors (Lipinski definition) is 2. The molecule has 0 saturated carbocycles. The lowest BCUT2D eigenvalue weighted by Crippen LogP contribution is -2.35. The number of rotatable bonds is 5. The Balaban J connectivity index is 2.58. The van der Waals surface area contributed by atoms with Gasteiger partial charge in [-0.2, -0.15) is 0 Å². The lowest BCUT2D eigenvalue weighted by atomic mass is 10.2. The fourth-order valence-electron chi connectivity index (χ4n) is 1.18. The first-order valence-corrected chi connectivity index (χ1v) is 6.64. The molecule has 0 aliphatic rings. The van der Waals surface area contributed by atoms with Gasteiger partial charge in [0.15, 0.2) is 6.61 Å². The quantitative estimate of drug-likeness (QED) is 0.837. The van der Waals surface area contributed by atoms with Crippen molar-refractivity contribution in [2.45, 2.75) is 26.3 Å². The fraction of sp³-hybridized carbons (Fsp3) is 0.417. The second-order valence-electron chi connectivity index (χ2n) is 3.86. The van der Waals surface area contributed by atoms with Crippen LogP contribution >= 0.6 is 34.8 Å². The lowest BCUT2D eigenvalue weighted by Gasteiger charge is -2.13. The summed E-state index contributed by atoms with van der Waals surface area (Å²) in [7, 11) is 0. The third kappa shape index (κ3) is 4.56. The van der Waals surface area contributed by atoms with Crippen LogP contribution in [0, 0.1) is 0 Å². The van der Waals surface area contributed by atoms with Gasteiger partial charge in [-0.1, -0.05) is 41.7 Å². The molecule has 1 aromatic carbocycles. The van der Waals surface area contributed by atoms with Gasteiger partial charge in [0.1, 0.15) is 5.75 Å². The Labute approximate surface area is 121 Å². The van der Waals surface area contributed by atoms with Crippen molar-refractivity contribution in [3.63, 3.8) is 0 Å². The predicted octanol–water partition coefficient (Wildman–Crippen LogP) is 3.94. The normalized spacial score (nSPS) is 12.1. The van der Waals surface area contributed by atoms with Gasteiger partial charge >= 0.3 is 0 Å². The summed E-state index contributed by atoms with van der Waals surface area (Å²) in [6.45, 7) is 3.80. The number of carbonyl (C=O) groups is 1. The van der Waals surface area contributed by atoms with Gasteiger partial charge in [0.05, 0.1) is 15.1 Å². The average Bonchev–Trinajstić information content (AvgIpc) is 2.32.